The minimum absolute atomic E-state index is 0.229. The van der Waals surface area contributed by atoms with E-state index in [1.165, 1.54) is 5.56 Å². The van der Waals surface area contributed by atoms with Crippen LogP contribution in [0.25, 0.3) is 0 Å². The molecule has 0 aromatic heterocycles. The average molecular weight is 233 g/mol. The smallest absolute Gasteiger partial charge is 0.122 e. The fourth-order valence-corrected chi connectivity index (χ4v) is 2.15. The molecule has 0 bridgehead atoms. The van der Waals surface area contributed by atoms with Gasteiger partial charge in [-0.05, 0) is 38.3 Å². The lowest BCUT2D eigenvalue weighted by atomic mass is 9.91. The highest BCUT2D eigenvalue weighted by Gasteiger charge is 2.23. The lowest BCUT2D eigenvalue weighted by molar-refractivity contribution is 0.255. The first-order valence-corrected chi connectivity index (χ1v) is 6.59. The second-order valence-corrected chi connectivity index (χ2v) is 5.49. The molecule has 0 radical (unpaired) electrons. The quantitative estimate of drug-likeness (QED) is 0.861. The van der Waals surface area contributed by atoms with Crippen LogP contribution in [0.2, 0.25) is 0 Å². The van der Waals surface area contributed by atoms with E-state index in [0.717, 1.165) is 31.7 Å². The third-order valence-electron chi connectivity index (χ3n) is 3.79. The maximum atomic E-state index is 5.68. The number of rotatable bonds is 4. The molecule has 0 spiro atoms. The third kappa shape index (κ3) is 3.01. The zero-order valence-corrected chi connectivity index (χ0v) is 11.1. The predicted molar refractivity (Wildman–Crippen MR) is 71.7 cm³/mol. The molecule has 1 heterocycles. The van der Waals surface area contributed by atoms with Gasteiger partial charge in [0.1, 0.15) is 5.75 Å². The molecule has 0 saturated heterocycles. The van der Waals surface area contributed by atoms with Crippen molar-refractivity contribution in [2.24, 2.45) is 0 Å². The van der Waals surface area contributed by atoms with Crippen LogP contribution in [-0.2, 0) is 0 Å². The summed E-state index contributed by atoms with van der Waals surface area (Å²) in [7, 11) is 0. The van der Waals surface area contributed by atoms with E-state index < -0.39 is 0 Å². The van der Waals surface area contributed by atoms with Gasteiger partial charge in [-0.3, -0.25) is 0 Å². The minimum atomic E-state index is 0.229. The normalized spacial score (nSPS) is 19.6. The Kier molecular flexibility index (Phi) is 3.72. The van der Waals surface area contributed by atoms with Crippen molar-refractivity contribution >= 4 is 0 Å². The molecule has 1 aromatic rings. The number of benzene rings is 1. The Labute approximate surface area is 104 Å². The summed E-state index contributed by atoms with van der Waals surface area (Å²) in [6.45, 7) is 8.64. The Morgan fingerprint density at radius 2 is 2.12 bits per heavy atom. The fourth-order valence-electron chi connectivity index (χ4n) is 2.15. The Hall–Kier alpha value is -1.02. The SMILES string of the molecule is CCC(C)(C)NCC1CCOc2ccccc21. The summed E-state index contributed by atoms with van der Waals surface area (Å²) >= 11 is 0. The molecule has 1 aliphatic heterocycles. The highest BCUT2D eigenvalue weighted by molar-refractivity contribution is 5.37. The molecule has 0 amide bonds. The molecular weight excluding hydrogens is 210 g/mol. The van der Waals surface area contributed by atoms with Crippen molar-refractivity contribution in [2.45, 2.75) is 45.1 Å². The van der Waals surface area contributed by atoms with Crippen LogP contribution in [0.5, 0.6) is 5.75 Å². The molecule has 2 nitrogen and oxygen atoms in total. The highest BCUT2D eigenvalue weighted by Crippen LogP contribution is 2.33. The zero-order chi connectivity index (χ0) is 12.3. The Morgan fingerprint density at radius 1 is 1.35 bits per heavy atom. The molecule has 0 saturated carbocycles. The first-order valence-electron chi connectivity index (χ1n) is 6.59. The third-order valence-corrected chi connectivity index (χ3v) is 3.79. The highest BCUT2D eigenvalue weighted by atomic mass is 16.5. The van der Waals surface area contributed by atoms with Crippen molar-refractivity contribution in [1.82, 2.24) is 5.32 Å². The molecule has 17 heavy (non-hydrogen) atoms. The number of hydrogen-bond donors (Lipinski definition) is 1. The summed E-state index contributed by atoms with van der Waals surface area (Å²) in [5, 5.41) is 3.66. The summed E-state index contributed by atoms with van der Waals surface area (Å²) in [5.41, 5.74) is 1.59. The van der Waals surface area contributed by atoms with Gasteiger partial charge in [0.25, 0.3) is 0 Å². The van der Waals surface area contributed by atoms with E-state index >= 15 is 0 Å². The van der Waals surface area contributed by atoms with Gasteiger partial charge in [0.05, 0.1) is 6.61 Å². The van der Waals surface area contributed by atoms with Gasteiger partial charge >= 0.3 is 0 Å². The van der Waals surface area contributed by atoms with E-state index in [4.69, 9.17) is 4.74 Å². The zero-order valence-electron chi connectivity index (χ0n) is 11.1. The van der Waals surface area contributed by atoms with Crippen LogP contribution in [0.15, 0.2) is 24.3 Å². The summed E-state index contributed by atoms with van der Waals surface area (Å²) in [4.78, 5) is 0. The summed E-state index contributed by atoms with van der Waals surface area (Å²) < 4.78 is 5.68. The van der Waals surface area contributed by atoms with Crippen LogP contribution < -0.4 is 10.1 Å². The predicted octanol–water partition coefficient (Wildman–Crippen LogP) is 3.33. The van der Waals surface area contributed by atoms with E-state index in [9.17, 15) is 0 Å². The summed E-state index contributed by atoms with van der Waals surface area (Å²) in [6, 6.07) is 8.42. The van der Waals surface area contributed by atoms with Crippen molar-refractivity contribution < 1.29 is 4.74 Å². The van der Waals surface area contributed by atoms with E-state index in [0.29, 0.717) is 5.92 Å². The van der Waals surface area contributed by atoms with Crippen molar-refractivity contribution in [3.63, 3.8) is 0 Å². The number of para-hydroxylation sites is 1. The molecule has 2 rings (SSSR count). The number of ether oxygens (including phenoxy) is 1. The molecule has 1 aliphatic rings. The molecule has 2 heteroatoms. The van der Waals surface area contributed by atoms with Gasteiger partial charge in [-0.15, -0.1) is 0 Å². The van der Waals surface area contributed by atoms with E-state index in [-0.39, 0.29) is 5.54 Å². The maximum absolute atomic E-state index is 5.68. The number of nitrogens with one attached hydrogen (secondary N) is 1. The standard InChI is InChI=1S/C15H23NO/c1-4-15(2,3)16-11-12-9-10-17-14-8-6-5-7-13(12)14/h5-8,12,16H,4,9-11H2,1-3H3. The van der Waals surface area contributed by atoms with Crippen LogP contribution in [0.1, 0.15) is 45.1 Å². The van der Waals surface area contributed by atoms with Crippen LogP contribution in [0.3, 0.4) is 0 Å². The lowest BCUT2D eigenvalue weighted by Gasteiger charge is -2.31. The molecule has 0 aliphatic carbocycles. The monoisotopic (exact) mass is 233 g/mol. The van der Waals surface area contributed by atoms with Gasteiger partial charge in [0.15, 0.2) is 0 Å². The molecule has 94 valence electrons. The van der Waals surface area contributed by atoms with Crippen LogP contribution >= 0.6 is 0 Å². The van der Waals surface area contributed by atoms with Crippen LogP contribution in [0, 0.1) is 0 Å². The summed E-state index contributed by atoms with van der Waals surface area (Å²) in [5.74, 6) is 1.66. The lowest BCUT2D eigenvalue weighted by Crippen LogP contribution is -2.41. The van der Waals surface area contributed by atoms with Gasteiger partial charge in [0, 0.05) is 18.0 Å². The molecule has 1 atom stereocenters. The topological polar surface area (TPSA) is 21.3 Å². The fraction of sp³-hybridized carbons (Fsp3) is 0.600. The molecule has 1 N–H and O–H groups in total. The van der Waals surface area contributed by atoms with Gasteiger partial charge in [-0.25, -0.2) is 0 Å². The van der Waals surface area contributed by atoms with Gasteiger partial charge in [-0.1, -0.05) is 25.1 Å². The molecule has 1 aromatic carbocycles. The average Bonchev–Trinajstić information content (AvgIpc) is 2.36. The number of fused-ring (bicyclic) bond motifs is 1. The molecule has 1 unspecified atom stereocenters. The first-order chi connectivity index (χ1) is 8.12. The Morgan fingerprint density at radius 3 is 2.88 bits per heavy atom. The summed E-state index contributed by atoms with van der Waals surface area (Å²) in [6.07, 6.45) is 2.27. The Balaban J connectivity index is 2.04. The van der Waals surface area contributed by atoms with Crippen molar-refractivity contribution in [3.8, 4) is 5.75 Å². The van der Waals surface area contributed by atoms with Crippen molar-refractivity contribution in [1.29, 1.82) is 0 Å². The van der Waals surface area contributed by atoms with Crippen molar-refractivity contribution in [3.05, 3.63) is 29.8 Å². The van der Waals surface area contributed by atoms with Crippen molar-refractivity contribution in [2.75, 3.05) is 13.2 Å². The largest absolute Gasteiger partial charge is 0.493 e. The first kappa shape index (κ1) is 12.4. The van der Waals surface area contributed by atoms with E-state index in [1.807, 2.05) is 6.07 Å². The minimum Gasteiger partial charge on any atom is -0.493 e. The van der Waals surface area contributed by atoms with Gasteiger partial charge in [-0.2, -0.15) is 0 Å². The number of hydrogen-bond acceptors (Lipinski definition) is 2. The molecular formula is C15H23NO. The second kappa shape index (κ2) is 5.09. The van der Waals surface area contributed by atoms with Crippen LogP contribution in [0.4, 0.5) is 0 Å². The van der Waals surface area contributed by atoms with Gasteiger partial charge in [0.2, 0.25) is 0 Å². The van der Waals surface area contributed by atoms with Gasteiger partial charge < -0.3 is 10.1 Å². The van der Waals surface area contributed by atoms with Crippen LogP contribution in [-0.4, -0.2) is 18.7 Å². The Bertz CT molecular complexity index is 373. The maximum Gasteiger partial charge on any atom is 0.122 e. The van der Waals surface area contributed by atoms with E-state index in [1.54, 1.807) is 0 Å². The molecule has 0 fully saturated rings. The van der Waals surface area contributed by atoms with E-state index in [2.05, 4.69) is 44.3 Å². The second-order valence-electron chi connectivity index (χ2n) is 5.49.